The molecule has 0 aliphatic rings. The van der Waals surface area contributed by atoms with Gasteiger partial charge < -0.3 is 49.1 Å². The van der Waals surface area contributed by atoms with E-state index in [1.165, 1.54) is 0 Å². The fourth-order valence-electron chi connectivity index (χ4n) is 2.95. The molecule has 0 aromatic rings. The van der Waals surface area contributed by atoms with Crippen molar-refractivity contribution >= 4 is 41.5 Å². The summed E-state index contributed by atoms with van der Waals surface area (Å²) in [7, 11) is 0. The number of carboxylic acids is 2. The standard InChI is InChI=1S/C20H35N7O9/c21-8-2-1-3-10(22)17(32)27-13(9-15(24)29)19(34)25-11(5-7-16(30)31)18(33)26-12(20(35)36)4-6-14(23)28/h10-13H,1-9,21-22H2,(H2,23,28)(H2,24,29)(H,25,34)(H,26,33)(H,27,32)(H,30,31)(H,35,36). The van der Waals surface area contributed by atoms with Crippen molar-refractivity contribution in [3.05, 3.63) is 0 Å². The topological polar surface area (TPSA) is 300 Å². The number of nitrogens with two attached hydrogens (primary N) is 4. The summed E-state index contributed by atoms with van der Waals surface area (Å²) in [4.78, 5) is 82.6. The number of rotatable bonds is 19. The molecule has 4 atom stereocenters. The molecule has 0 radical (unpaired) electrons. The molecule has 0 saturated carbocycles. The van der Waals surface area contributed by atoms with Gasteiger partial charge in [0.1, 0.15) is 18.1 Å². The quantitative estimate of drug-likeness (QED) is 0.0743. The molecule has 0 aliphatic heterocycles. The molecule has 0 fully saturated rings. The molecular weight excluding hydrogens is 482 g/mol. The highest BCUT2D eigenvalue weighted by molar-refractivity contribution is 5.96. The van der Waals surface area contributed by atoms with Crippen molar-refractivity contribution in [2.75, 3.05) is 6.54 Å². The first-order valence-corrected chi connectivity index (χ1v) is 11.2. The maximum Gasteiger partial charge on any atom is 0.326 e. The monoisotopic (exact) mass is 517 g/mol. The summed E-state index contributed by atoms with van der Waals surface area (Å²) in [5, 5.41) is 24.8. The zero-order chi connectivity index (χ0) is 27.8. The van der Waals surface area contributed by atoms with Gasteiger partial charge in [-0.1, -0.05) is 6.42 Å². The van der Waals surface area contributed by atoms with Crippen LogP contribution in [0.2, 0.25) is 0 Å². The van der Waals surface area contributed by atoms with E-state index in [1.807, 2.05) is 0 Å². The average molecular weight is 518 g/mol. The van der Waals surface area contributed by atoms with Crippen LogP contribution < -0.4 is 38.9 Å². The van der Waals surface area contributed by atoms with Crippen LogP contribution >= 0.6 is 0 Å². The van der Waals surface area contributed by atoms with Crippen molar-refractivity contribution in [2.24, 2.45) is 22.9 Å². The van der Waals surface area contributed by atoms with E-state index in [1.54, 1.807) is 0 Å². The van der Waals surface area contributed by atoms with E-state index in [4.69, 9.17) is 28.0 Å². The highest BCUT2D eigenvalue weighted by Gasteiger charge is 2.31. The molecule has 0 aliphatic carbocycles. The van der Waals surface area contributed by atoms with Gasteiger partial charge in [0, 0.05) is 12.8 Å². The van der Waals surface area contributed by atoms with Crippen LogP contribution in [0.25, 0.3) is 0 Å². The summed E-state index contributed by atoms with van der Waals surface area (Å²) in [6.45, 7) is 0.395. The Morgan fingerprint density at radius 3 is 1.69 bits per heavy atom. The van der Waals surface area contributed by atoms with Gasteiger partial charge in [-0.2, -0.15) is 0 Å². The Labute approximate surface area is 206 Å². The fourth-order valence-corrected chi connectivity index (χ4v) is 2.95. The zero-order valence-electron chi connectivity index (χ0n) is 19.7. The van der Waals surface area contributed by atoms with Crippen molar-refractivity contribution in [3.8, 4) is 0 Å². The summed E-state index contributed by atoms with van der Waals surface area (Å²) in [6, 6.07) is -5.68. The largest absolute Gasteiger partial charge is 0.481 e. The third-order valence-electron chi connectivity index (χ3n) is 4.92. The summed E-state index contributed by atoms with van der Waals surface area (Å²) < 4.78 is 0. The van der Waals surface area contributed by atoms with Crippen LogP contribution in [0.3, 0.4) is 0 Å². The maximum atomic E-state index is 12.8. The molecule has 4 unspecified atom stereocenters. The van der Waals surface area contributed by atoms with E-state index in [0.29, 0.717) is 19.4 Å². The van der Waals surface area contributed by atoms with Gasteiger partial charge >= 0.3 is 11.9 Å². The van der Waals surface area contributed by atoms with Gasteiger partial charge in [-0.25, -0.2) is 4.79 Å². The summed E-state index contributed by atoms with van der Waals surface area (Å²) in [5.41, 5.74) is 21.3. The highest BCUT2D eigenvalue weighted by Crippen LogP contribution is 2.05. The van der Waals surface area contributed by atoms with Crippen LogP contribution in [0, 0.1) is 0 Å². The molecule has 0 saturated heterocycles. The second-order valence-electron chi connectivity index (χ2n) is 8.02. The first kappa shape index (κ1) is 32.2. The predicted molar refractivity (Wildman–Crippen MR) is 123 cm³/mol. The van der Waals surface area contributed by atoms with Crippen molar-refractivity contribution in [3.63, 3.8) is 0 Å². The molecule has 0 aromatic heterocycles. The molecular formula is C20H35N7O9. The molecule has 204 valence electrons. The highest BCUT2D eigenvalue weighted by atomic mass is 16.4. The Kier molecular flexibility index (Phi) is 15.0. The van der Waals surface area contributed by atoms with Crippen LogP contribution in [0.5, 0.6) is 0 Å². The van der Waals surface area contributed by atoms with Crippen LogP contribution in [0.15, 0.2) is 0 Å². The molecule has 0 bridgehead atoms. The van der Waals surface area contributed by atoms with Crippen molar-refractivity contribution in [2.45, 2.75) is 75.5 Å². The molecule has 0 rings (SSSR count). The number of nitrogens with one attached hydrogen (secondary N) is 3. The minimum Gasteiger partial charge on any atom is -0.481 e. The van der Waals surface area contributed by atoms with Crippen LogP contribution in [0.1, 0.15) is 51.4 Å². The number of unbranched alkanes of at least 4 members (excludes halogenated alkanes) is 1. The second kappa shape index (κ2) is 16.8. The van der Waals surface area contributed by atoms with Crippen LogP contribution in [0.4, 0.5) is 0 Å². The third-order valence-corrected chi connectivity index (χ3v) is 4.92. The Morgan fingerprint density at radius 1 is 0.667 bits per heavy atom. The molecule has 13 N–H and O–H groups in total. The lowest BCUT2D eigenvalue weighted by molar-refractivity contribution is -0.143. The van der Waals surface area contributed by atoms with E-state index in [9.17, 15) is 38.7 Å². The number of aliphatic carboxylic acids is 2. The second-order valence-corrected chi connectivity index (χ2v) is 8.02. The summed E-state index contributed by atoms with van der Waals surface area (Å²) in [6.07, 6.45) is -1.00. The Hall–Kier alpha value is -3.79. The minimum atomic E-state index is -1.56. The zero-order valence-corrected chi connectivity index (χ0v) is 19.7. The fraction of sp³-hybridized carbons (Fsp3) is 0.650. The van der Waals surface area contributed by atoms with E-state index >= 15 is 0 Å². The Morgan fingerprint density at radius 2 is 1.19 bits per heavy atom. The van der Waals surface area contributed by atoms with E-state index < -0.39 is 84.9 Å². The molecule has 36 heavy (non-hydrogen) atoms. The summed E-state index contributed by atoms with van der Waals surface area (Å²) in [5.74, 6) is -7.45. The first-order chi connectivity index (χ1) is 16.8. The van der Waals surface area contributed by atoms with Gasteiger partial charge in [-0.15, -0.1) is 0 Å². The van der Waals surface area contributed by atoms with E-state index in [-0.39, 0.29) is 19.3 Å². The van der Waals surface area contributed by atoms with Crippen molar-refractivity contribution in [1.82, 2.24) is 16.0 Å². The van der Waals surface area contributed by atoms with Crippen molar-refractivity contribution in [1.29, 1.82) is 0 Å². The Balaban J connectivity index is 5.53. The number of carbonyl (C=O) groups excluding carboxylic acids is 5. The lowest BCUT2D eigenvalue weighted by Gasteiger charge is -2.24. The normalized spacial score (nSPS) is 13.9. The molecule has 16 heteroatoms. The SMILES string of the molecule is NCCCCC(N)C(=O)NC(CC(N)=O)C(=O)NC(CCC(=O)O)C(=O)NC(CCC(N)=O)C(=O)O. The first-order valence-electron chi connectivity index (χ1n) is 11.2. The van der Waals surface area contributed by atoms with Gasteiger partial charge in [0.2, 0.25) is 29.5 Å². The number of amides is 5. The number of primary amides is 2. The Bertz CT molecular complexity index is 821. The van der Waals surface area contributed by atoms with Crippen molar-refractivity contribution < 1.29 is 43.8 Å². The smallest absolute Gasteiger partial charge is 0.326 e. The number of carbonyl (C=O) groups is 7. The van der Waals surface area contributed by atoms with Crippen LogP contribution in [-0.4, -0.2) is 82.4 Å². The molecule has 16 nitrogen and oxygen atoms in total. The number of hydrogen-bond acceptors (Lipinski definition) is 9. The molecule has 5 amide bonds. The van der Waals surface area contributed by atoms with Gasteiger partial charge in [-0.05, 0) is 32.2 Å². The average Bonchev–Trinajstić information content (AvgIpc) is 2.77. The lowest BCUT2D eigenvalue weighted by atomic mass is 10.1. The van der Waals surface area contributed by atoms with Gasteiger partial charge in [0.15, 0.2) is 0 Å². The molecule has 0 heterocycles. The molecule has 0 spiro atoms. The minimum absolute atomic E-state index is 0.249. The number of hydrogen-bond donors (Lipinski definition) is 9. The lowest BCUT2D eigenvalue weighted by Crippen LogP contribution is -2.57. The number of carboxylic acid groups (broad SMARTS) is 2. The predicted octanol–water partition coefficient (Wildman–Crippen LogP) is -4.01. The van der Waals surface area contributed by atoms with E-state index in [2.05, 4.69) is 16.0 Å². The molecule has 0 aromatic carbocycles. The third kappa shape index (κ3) is 13.8. The van der Waals surface area contributed by atoms with Gasteiger partial charge in [-0.3, -0.25) is 28.8 Å². The van der Waals surface area contributed by atoms with Gasteiger partial charge in [0.25, 0.3) is 0 Å². The summed E-state index contributed by atoms with van der Waals surface area (Å²) >= 11 is 0. The van der Waals surface area contributed by atoms with Gasteiger partial charge in [0.05, 0.1) is 12.5 Å². The van der Waals surface area contributed by atoms with E-state index in [0.717, 1.165) is 0 Å². The maximum absolute atomic E-state index is 12.8. The van der Waals surface area contributed by atoms with Crippen LogP contribution in [-0.2, 0) is 33.6 Å².